The molecule has 2 aliphatic heterocycles. The van der Waals surface area contributed by atoms with Crippen LogP contribution in [0.3, 0.4) is 0 Å². The molecular weight excluding hydrogens is 362 g/mol. The van der Waals surface area contributed by atoms with Crippen LogP contribution >= 0.6 is 11.6 Å². The van der Waals surface area contributed by atoms with Gasteiger partial charge in [0, 0.05) is 24.7 Å². The molecule has 27 heavy (non-hydrogen) atoms. The van der Waals surface area contributed by atoms with Crippen LogP contribution in [0.5, 0.6) is 0 Å². The maximum Gasteiger partial charge on any atom is 0.277 e. The maximum atomic E-state index is 13.2. The molecule has 1 aromatic rings. The zero-order valence-electron chi connectivity index (χ0n) is 16.5. The molecule has 0 aromatic heterocycles. The predicted molar refractivity (Wildman–Crippen MR) is 108 cm³/mol. The molecular formula is C21H28ClN3O2. The fourth-order valence-electron chi connectivity index (χ4n) is 3.86. The van der Waals surface area contributed by atoms with Gasteiger partial charge in [-0.1, -0.05) is 37.6 Å². The highest BCUT2D eigenvalue weighted by Crippen LogP contribution is 2.34. The van der Waals surface area contributed by atoms with Gasteiger partial charge in [-0.15, -0.1) is 0 Å². The Hall–Kier alpha value is -1.85. The molecule has 2 amide bonds. The summed E-state index contributed by atoms with van der Waals surface area (Å²) in [7, 11) is 4.06. The molecule has 0 N–H and O–H groups in total. The van der Waals surface area contributed by atoms with Gasteiger partial charge in [0.25, 0.3) is 11.8 Å². The molecule has 0 saturated carbocycles. The lowest BCUT2D eigenvalue weighted by Crippen LogP contribution is -2.44. The molecule has 0 aliphatic carbocycles. The molecule has 5 nitrogen and oxygen atoms in total. The minimum atomic E-state index is -0.203. The third kappa shape index (κ3) is 4.04. The smallest absolute Gasteiger partial charge is 0.277 e. The molecule has 1 aromatic carbocycles. The second-order valence-corrected chi connectivity index (χ2v) is 8.43. The molecule has 6 heteroatoms. The highest BCUT2D eigenvalue weighted by molar-refractivity contribution is 6.36. The Bertz CT molecular complexity index is 749. The Morgan fingerprint density at radius 1 is 1.11 bits per heavy atom. The molecule has 146 valence electrons. The summed E-state index contributed by atoms with van der Waals surface area (Å²) in [5.41, 5.74) is 1.77. The Morgan fingerprint density at radius 2 is 1.70 bits per heavy atom. The van der Waals surface area contributed by atoms with E-state index in [0.717, 1.165) is 31.5 Å². The first-order chi connectivity index (χ1) is 12.8. The largest absolute Gasteiger partial charge is 0.366 e. The van der Waals surface area contributed by atoms with Crippen LogP contribution < -0.4 is 0 Å². The van der Waals surface area contributed by atoms with Crippen molar-refractivity contribution in [3.63, 3.8) is 0 Å². The van der Waals surface area contributed by atoms with Crippen molar-refractivity contribution < 1.29 is 9.59 Å². The van der Waals surface area contributed by atoms with Gasteiger partial charge in [-0.25, -0.2) is 0 Å². The van der Waals surface area contributed by atoms with E-state index in [-0.39, 0.29) is 23.8 Å². The summed E-state index contributed by atoms with van der Waals surface area (Å²) in [6.07, 6.45) is 1.96. The number of amides is 2. The van der Waals surface area contributed by atoms with Gasteiger partial charge in [-0.2, -0.15) is 0 Å². The number of likely N-dealkylation sites (N-methyl/N-ethyl adjacent to an activating group) is 1. The van der Waals surface area contributed by atoms with Gasteiger partial charge in [0.15, 0.2) is 0 Å². The van der Waals surface area contributed by atoms with Crippen LogP contribution in [0.4, 0.5) is 0 Å². The first kappa shape index (κ1) is 19.9. The van der Waals surface area contributed by atoms with Crippen molar-refractivity contribution in [2.45, 2.75) is 32.7 Å². The van der Waals surface area contributed by atoms with Crippen molar-refractivity contribution in [3.8, 4) is 0 Å². The van der Waals surface area contributed by atoms with E-state index < -0.39 is 0 Å². The van der Waals surface area contributed by atoms with E-state index in [9.17, 15) is 9.59 Å². The van der Waals surface area contributed by atoms with Crippen molar-refractivity contribution in [2.75, 3.05) is 33.7 Å². The molecule has 0 bridgehead atoms. The summed E-state index contributed by atoms with van der Waals surface area (Å²) in [5.74, 6) is -0.164. The molecule has 2 heterocycles. The molecule has 1 fully saturated rings. The van der Waals surface area contributed by atoms with Crippen molar-refractivity contribution in [1.82, 2.24) is 14.7 Å². The van der Waals surface area contributed by atoms with E-state index in [4.69, 9.17) is 11.6 Å². The number of halogens is 1. The monoisotopic (exact) mass is 389 g/mol. The number of imide groups is 1. The Kier molecular flexibility index (Phi) is 5.92. The molecule has 0 radical (unpaired) electrons. The predicted octanol–water partition coefficient (Wildman–Crippen LogP) is 3.10. The van der Waals surface area contributed by atoms with Gasteiger partial charge in [0.05, 0.1) is 5.57 Å². The van der Waals surface area contributed by atoms with Crippen LogP contribution in [0, 0.1) is 5.92 Å². The third-order valence-corrected chi connectivity index (χ3v) is 5.66. The zero-order valence-corrected chi connectivity index (χ0v) is 17.3. The van der Waals surface area contributed by atoms with E-state index >= 15 is 0 Å². The third-order valence-electron chi connectivity index (χ3n) is 5.41. The average Bonchev–Trinajstić information content (AvgIpc) is 2.87. The fourth-order valence-corrected chi connectivity index (χ4v) is 3.99. The first-order valence-electron chi connectivity index (χ1n) is 9.57. The van der Waals surface area contributed by atoms with Crippen molar-refractivity contribution in [3.05, 3.63) is 40.5 Å². The number of nitrogens with zero attached hydrogens (tertiary/aromatic N) is 3. The van der Waals surface area contributed by atoms with Crippen LogP contribution in [0.15, 0.2) is 30.0 Å². The van der Waals surface area contributed by atoms with Crippen molar-refractivity contribution in [2.24, 2.45) is 5.92 Å². The lowest BCUT2D eigenvalue weighted by Gasteiger charge is -2.36. The van der Waals surface area contributed by atoms with Gasteiger partial charge in [-0.3, -0.25) is 14.5 Å². The lowest BCUT2D eigenvalue weighted by atomic mass is 10.0. The molecule has 0 unspecified atom stereocenters. The molecule has 3 rings (SSSR count). The quantitative estimate of drug-likeness (QED) is 0.726. The van der Waals surface area contributed by atoms with Crippen molar-refractivity contribution >= 4 is 29.0 Å². The van der Waals surface area contributed by atoms with Crippen LogP contribution in [-0.4, -0.2) is 66.3 Å². The van der Waals surface area contributed by atoms with E-state index in [2.05, 4.69) is 11.9 Å². The molecule has 0 atom stereocenters. The van der Waals surface area contributed by atoms with E-state index in [0.29, 0.717) is 22.8 Å². The van der Waals surface area contributed by atoms with Crippen LogP contribution in [0.2, 0.25) is 5.02 Å². The summed E-state index contributed by atoms with van der Waals surface area (Å²) in [6.45, 7) is 6.45. The number of rotatable bonds is 5. The number of carbonyl (C=O) groups is 2. The number of likely N-dealkylation sites (tertiary alicyclic amines) is 1. The Balaban J connectivity index is 2.00. The minimum Gasteiger partial charge on any atom is -0.366 e. The lowest BCUT2D eigenvalue weighted by molar-refractivity contribution is -0.138. The van der Waals surface area contributed by atoms with E-state index in [1.807, 2.05) is 37.9 Å². The van der Waals surface area contributed by atoms with Gasteiger partial charge in [0.2, 0.25) is 0 Å². The number of hydrogen-bond donors (Lipinski definition) is 0. The average molecular weight is 390 g/mol. The first-order valence-corrected chi connectivity index (χ1v) is 9.95. The van der Waals surface area contributed by atoms with Crippen LogP contribution in [0.1, 0.15) is 32.3 Å². The Labute approximate surface area is 166 Å². The van der Waals surface area contributed by atoms with E-state index in [1.54, 1.807) is 12.1 Å². The number of benzene rings is 1. The second-order valence-electron chi connectivity index (χ2n) is 7.99. The maximum absolute atomic E-state index is 13.2. The summed E-state index contributed by atoms with van der Waals surface area (Å²) in [5, 5.41) is 0.611. The van der Waals surface area contributed by atoms with Crippen LogP contribution in [0.25, 0.3) is 5.57 Å². The molecule has 2 aliphatic rings. The zero-order chi connectivity index (χ0) is 19.7. The van der Waals surface area contributed by atoms with Gasteiger partial charge >= 0.3 is 0 Å². The Morgan fingerprint density at radius 3 is 2.26 bits per heavy atom. The SMILES string of the molecule is CC(C)CN1C(=O)C(c2ccc(Cl)cc2)=C(N(C)C2CCN(C)CC2)C1=O. The fraction of sp³-hybridized carbons (Fsp3) is 0.524. The van der Waals surface area contributed by atoms with Gasteiger partial charge in [-0.05, 0) is 56.6 Å². The highest BCUT2D eigenvalue weighted by atomic mass is 35.5. The van der Waals surface area contributed by atoms with E-state index in [1.165, 1.54) is 4.90 Å². The van der Waals surface area contributed by atoms with Gasteiger partial charge < -0.3 is 9.80 Å². The highest BCUT2D eigenvalue weighted by Gasteiger charge is 2.42. The summed E-state index contributed by atoms with van der Waals surface area (Å²) in [4.78, 5) is 32.1. The van der Waals surface area contributed by atoms with Crippen LogP contribution in [-0.2, 0) is 9.59 Å². The molecule has 0 spiro atoms. The summed E-state index contributed by atoms with van der Waals surface area (Å²) in [6, 6.07) is 7.43. The second kappa shape index (κ2) is 8.03. The molecule has 1 saturated heterocycles. The van der Waals surface area contributed by atoms with Gasteiger partial charge in [0.1, 0.15) is 5.70 Å². The van der Waals surface area contributed by atoms with Crippen molar-refractivity contribution in [1.29, 1.82) is 0 Å². The normalized spacial score (nSPS) is 19.6. The summed E-state index contributed by atoms with van der Waals surface area (Å²) >= 11 is 6.02. The topological polar surface area (TPSA) is 43.9 Å². The number of hydrogen-bond acceptors (Lipinski definition) is 4. The number of piperidine rings is 1. The minimum absolute atomic E-state index is 0.180. The summed E-state index contributed by atoms with van der Waals surface area (Å²) < 4.78 is 0. The number of carbonyl (C=O) groups excluding carboxylic acids is 2. The standard InChI is InChI=1S/C21H28ClN3O2/c1-14(2)13-25-20(26)18(15-5-7-16(22)8-6-15)19(21(25)27)24(4)17-9-11-23(3)12-10-17/h5-8,14,17H,9-13H2,1-4H3.